The van der Waals surface area contributed by atoms with E-state index in [4.69, 9.17) is 0 Å². The number of rotatable bonds is 5. The standard InChI is InChI=1S/C15H18N6O2S/c1-11-4-6-13(7-5-11)8-21-10-16-15(18-21)19-24(22,23)14-9-20(3)17-12(14)2/h4-7,9-10H,8H2,1-3H3,(H,18,19). The molecule has 8 nitrogen and oxygen atoms in total. The summed E-state index contributed by atoms with van der Waals surface area (Å²) in [4.78, 5) is 4.12. The number of anilines is 1. The molecule has 1 N–H and O–H groups in total. The predicted molar refractivity (Wildman–Crippen MR) is 89.1 cm³/mol. The van der Waals surface area contributed by atoms with E-state index in [0.29, 0.717) is 12.2 Å². The van der Waals surface area contributed by atoms with E-state index in [0.717, 1.165) is 5.56 Å². The van der Waals surface area contributed by atoms with Crippen LogP contribution in [-0.2, 0) is 23.6 Å². The summed E-state index contributed by atoms with van der Waals surface area (Å²) in [5, 5.41) is 8.20. The van der Waals surface area contributed by atoms with Gasteiger partial charge in [-0.05, 0) is 19.4 Å². The Balaban J connectivity index is 1.76. The van der Waals surface area contributed by atoms with Crippen LogP contribution in [0.3, 0.4) is 0 Å². The second-order valence-electron chi connectivity index (χ2n) is 5.61. The third-order valence-corrected chi connectivity index (χ3v) is 4.92. The molecule has 0 unspecified atom stereocenters. The van der Waals surface area contributed by atoms with E-state index >= 15 is 0 Å². The minimum Gasteiger partial charge on any atom is -0.274 e. The van der Waals surface area contributed by atoms with Crippen LogP contribution in [0.5, 0.6) is 0 Å². The molecule has 3 rings (SSSR count). The lowest BCUT2D eigenvalue weighted by molar-refractivity contribution is 0.600. The molecule has 0 fully saturated rings. The van der Waals surface area contributed by atoms with Gasteiger partial charge in [-0.3, -0.25) is 4.68 Å². The van der Waals surface area contributed by atoms with Gasteiger partial charge in [-0.1, -0.05) is 29.8 Å². The van der Waals surface area contributed by atoms with Crippen molar-refractivity contribution in [3.8, 4) is 0 Å². The van der Waals surface area contributed by atoms with Crippen LogP contribution in [0.1, 0.15) is 16.8 Å². The molecule has 0 saturated heterocycles. The highest BCUT2D eigenvalue weighted by atomic mass is 32.2. The lowest BCUT2D eigenvalue weighted by Gasteiger charge is -2.03. The summed E-state index contributed by atoms with van der Waals surface area (Å²) < 4.78 is 30.2. The Morgan fingerprint density at radius 3 is 2.46 bits per heavy atom. The average molecular weight is 346 g/mol. The van der Waals surface area contributed by atoms with Crippen molar-refractivity contribution < 1.29 is 8.42 Å². The second kappa shape index (κ2) is 6.08. The van der Waals surface area contributed by atoms with Crippen molar-refractivity contribution >= 4 is 16.0 Å². The van der Waals surface area contributed by atoms with Gasteiger partial charge in [0.15, 0.2) is 0 Å². The first-order chi connectivity index (χ1) is 11.3. The molecule has 0 spiro atoms. The maximum atomic E-state index is 12.4. The Morgan fingerprint density at radius 2 is 1.83 bits per heavy atom. The molecular weight excluding hydrogens is 328 g/mol. The molecule has 2 heterocycles. The van der Waals surface area contributed by atoms with Crippen molar-refractivity contribution in [3.05, 3.63) is 53.6 Å². The van der Waals surface area contributed by atoms with Crippen molar-refractivity contribution in [1.29, 1.82) is 0 Å². The monoisotopic (exact) mass is 346 g/mol. The van der Waals surface area contributed by atoms with Gasteiger partial charge in [-0.25, -0.2) is 17.8 Å². The van der Waals surface area contributed by atoms with Gasteiger partial charge in [0.2, 0.25) is 0 Å². The van der Waals surface area contributed by atoms with Crippen LogP contribution < -0.4 is 4.72 Å². The fourth-order valence-corrected chi connectivity index (χ4v) is 3.48. The number of hydrogen-bond donors (Lipinski definition) is 1. The number of aromatic nitrogens is 5. The summed E-state index contributed by atoms with van der Waals surface area (Å²) in [7, 11) is -2.09. The molecule has 126 valence electrons. The lowest BCUT2D eigenvalue weighted by atomic mass is 10.1. The minimum atomic E-state index is -3.76. The van der Waals surface area contributed by atoms with Crippen LogP contribution in [0.2, 0.25) is 0 Å². The summed E-state index contributed by atoms with van der Waals surface area (Å²) in [5.74, 6) is 0.0327. The Kier molecular flexibility index (Phi) is 4.10. The number of aryl methyl sites for hydroxylation is 3. The number of sulfonamides is 1. The third-order valence-electron chi connectivity index (χ3n) is 3.49. The minimum absolute atomic E-state index is 0.0327. The summed E-state index contributed by atoms with van der Waals surface area (Å²) in [6, 6.07) is 8.03. The molecule has 0 atom stereocenters. The van der Waals surface area contributed by atoms with Crippen molar-refractivity contribution in [2.24, 2.45) is 7.05 Å². The number of nitrogens with one attached hydrogen (secondary N) is 1. The molecule has 0 amide bonds. The average Bonchev–Trinajstić information content (AvgIpc) is 3.07. The highest BCUT2D eigenvalue weighted by Crippen LogP contribution is 2.16. The van der Waals surface area contributed by atoms with Gasteiger partial charge in [-0.2, -0.15) is 10.1 Å². The molecule has 0 aliphatic rings. The van der Waals surface area contributed by atoms with Gasteiger partial charge in [0.1, 0.15) is 11.2 Å². The molecule has 0 saturated carbocycles. The van der Waals surface area contributed by atoms with E-state index in [2.05, 4.69) is 19.9 Å². The zero-order valence-corrected chi connectivity index (χ0v) is 14.4. The maximum Gasteiger partial charge on any atom is 0.267 e. The quantitative estimate of drug-likeness (QED) is 0.755. The third kappa shape index (κ3) is 3.46. The van der Waals surface area contributed by atoms with Gasteiger partial charge < -0.3 is 0 Å². The van der Waals surface area contributed by atoms with E-state index in [1.165, 1.54) is 22.8 Å². The largest absolute Gasteiger partial charge is 0.274 e. The smallest absolute Gasteiger partial charge is 0.267 e. The fourth-order valence-electron chi connectivity index (χ4n) is 2.31. The van der Waals surface area contributed by atoms with Crippen LogP contribution in [0.4, 0.5) is 5.95 Å². The topological polar surface area (TPSA) is 94.7 Å². The van der Waals surface area contributed by atoms with Crippen LogP contribution >= 0.6 is 0 Å². The van der Waals surface area contributed by atoms with E-state index in [-0.39, 0.29) is 10.8 Å². The van der Waals surface area contributed by atoms with E-state index in [1.54, 1.807) is 18.7 Å². The van der Waals surface area contributed by atoms with Crippen molar-refractivity contribution in [2.45, 2.75) is 25.3 Å². The van der Waals surface area contributed by atoms with Crippen molar-refractivity contribution in [1.82, 2.24) is 24.5 Å². The van der Waals surface area contributed by atoms with Crippen molar-refractivity contribution in [3.63, 3.8) is 0 Å². The number of nitrogens with zero attached hydrogens (tertiary/aromatic N) is 5. The van der Waals surface area contributed by atoms with Gasteiger partial charge in [0.25, 0.3) is 16.0 Å². The van der Waals surface area contributed by atoms with Crippen LogP contribution in [0, 0.1) is 13.8 Å². The highest BCUT2D eigenvalue weighted by Gasteiger charge is 2.21. The Hall–Kier alpha value is -2.68. The molecular formula is C15H18N6O2S. The molecule has 24 heavy (non-hydrogen) atoms. The van der Waals surface area contributed by atoms with Crippen LogP contribution in [0.25, 0.3) is 0 Å². The lowest BCUT2D eigenvalue weighted by Crippen LogP contribution is -2.15. The zero-order chi connectivity index (χ0) is 17.3. The molecule has 1 aromatic carbocycles. The summed E-state index contributed by atoms with van der Waals surface area (Å²) in [6.07, 6.45) is 2.94. The Labute approximate surface area is 140 Å². The van der Waals surface area contributed by atoms with E-state index in [9.17, 15) is 8.42 Å². The molecule has 0 aliphatic carbocycles. The highest BCUT2D eigenvalue weighted by molar-refractivity contribution is 7.92. The molecule has 0 aliphatic heterocycles. The second-order valence-corrected chi connectivity index (χ2v) is 7.26. The van der Waals surface area contributed by atoms with Crippen LogP contribution in [-0.4, -0.2) is 33.0 Å². The predicted octanol–water partition coefficient (Wildman–Crippen LogP) is 1.48. The fraction of sp³-hybridized carbons (Fsp3) is 0.267. The van der Waals surface area contributed by atoms with Crippen LogP contribution in [0.15, 0.2) is 41.7 Å². The summed E-state index contributed by atoms with van der Waals surface area (Å²) >= 11 is 0. The van der Waals surface area contributed by atoms with E-state index in [1.807, 2.05) is 31.2 Å². The van der Waals surface area contributed by atoms with Gasteiger partial charge >= 0.3 is 0 Å². The van der Waals surface area contributed by atoms with Gasteiger partial charge in [0.05, 0.1) is 12.2 Å². The normalized spacial score (nSPS) is 11.6. The van der Waals surface area contributed by atoms with Crippen molar-refractivity contribution in [2.75, 3.05) is 4.72 Å². The first-order valence-electron chi connectivity index (χ1n) is 7.31. The molecule has 0 radical (unpaired) electrons. The number of hydrogen-bond acceptors (Lipinski definition) is 5. The van der Waals surface area contributed by atoms with Gasteiger partial charge in [-0.15, -0.1) is 5.10 Å². The summed E-state index contributed by atoms with van der Waals surface area (Å²) in [5.41, 5.74) is 2.66. The summed E-state index contributed by atoms with van der Waals surface area (Å²) in [6.45, 7) is 4.17. The molecule has 9 heteroatoms. The zero-order valence-electron chi connectivity index (χ0n) is 13.6. The maximum absolute atomic E-state index is 12.4. The first kappa shape index (κ1) is 16.2. The molecule has 3 aromatic rings. The van der Waals surface area contributed by atoms with Gasteiger partial charge in [0, 0.05) is 13.2 Å². The molecule has 2 aromatic heterocycles. The van der Waals surface area contributed by atoms with E-state index < -0.39 is 10.0 Å². The SMILES string of the molecule is Cc1ccc(Cn2cnc(NS(=O)(=O)c3cn(C)nc3C)n2)cc1. The number of benzene rings is 1. The first-order valence-corrected chi connectivity index (χ1v) is 8.80. The molecule has 0 bridgehead atoms. The Morgan fingerprint density at radius 1 is 1.12 bits per heavy atom. The Bertz CT molecular complexity index is 956.